The summed E-state index contributed by atoms with van der Waals surface area (Å²) in [6.45, 7) is 12.7. The molecule has 73 heavy (non-hydrogen) atoms. The first-order valence-corrected chi connectivity index (χ1v) is 27.8. The van der Waals surface area contributed by atoms with Crippen molar-refractivity contribution in [1.82, 2.24) is 39.5 Å². The van der Waals surface area contributed by atoms with Crippen LogP contribution in [0.2, 0.25) is 0 Å². The van der Waals surface area contributed by atoms with Gasteiger partial charge in [-0.2, -0.15) is 0 Å². The predicted octanol–water partition coefficient (Wildman–Crippen LogP) is 7.33. The van der Waals surface area contributed by atoms with E-state index in [9.17, 15) is 19.2 Å². The zero-order chi connectivity index (χ0) is 50.2. The van der Waals surface area contributed by atoms with Crippen molar-refractivity contribution in [2.75, 3.05) is 67.5 Å². The van der Waals surface area contributed by atoms with E-state index < -0.39 is 5.41 Å². The molecule has 2 N–H and O–H groups in total. The minimum atomic E-state index is -0.669. The molecule has 1 unspecified atom stereocenters. The molecule has 6 aliphatic heterocycles. The van der Waals surface area contributed by atoms with Crippen molar-refractivity contribution < 1.29 is 24.0 Å². The van der Waals surface area contributed by atoms with Crippen molar-refractivity contribution in [3.05, 3.63) is 60.0 Å². The van der Waals surface area contributed by atoms with Gasteiger partial charge in [0.25, 0.3) is 0 Å². The van der Waals surface area contributed by atoms with Gasteiger partial charge >= 0.3 is 0 Å². The second-order valence-corrected chi connectivity index (χ2v) is 23.7. The number of nitrogens with zero attached hydrogens (tertiary/aromatic N) is 9. The minimum absolute atomic E-state index is 0.0412. The van der Waals surface area contributed by atoms with E-state index in [0.717, 1.165) is 128 Å². The van der Waals surface area contributed by atoms with Crippen LogP contribution >= 0.6 is 0 Å². The molecule has 5 saturated heterocycles. The van der Waals surface area contributed by atoms with Gasteiger partial charge in [0.15, 0.2) is 5.82 Å². The monoisotopic (exact) mass is 992 g/mol. The Hall–Kier alpha value is -5.90. The maximum absolute atomic E-state index is 15.2. The van der Waals surface area contributed by atoms with Crippen LogP contribution in [0, 0.1) is 11.3 Å². The van der Waals surface area contributed by atoms with Gasteiger partial charge in [0.2, 0.25) is 29.5 Å². The van der Waals surface area contributed by atoms with E-state index >= 15 is 4.79 Å². The van der Waals surface area contributed by atoms with E-state index in [-0.39, 0.29) is 58.9 Å². The van der Waals surface area contributed by atoms with E-state index in [1.54, 1.807) is 6.20 Å². The molecule has 12 rings (SSSR count). The number of carbonyl (C=O) groups excluding carboxylic acids is 5. The molecule has 7 fully saturated rings. The summed E-state index contributed by atoms with van der Waals surface area (Å²) in [6.07, 6.45) is 17.3. The number of hydrogen-bond donors (Lipinski definition) is 2. The maximum Gasteiger partial charge on any atom is 0.238 e. The molecule has 4 aromatic rings. The van der Waals surface area contributed by atoms with Crippen LogP contribution in [0.15, 0.2) is 48.9 Å². The summed E-state index contributed by atoms with van der Waals surface area (Å²) >= 11 is 0. The van der Waals surface area contributed by atoms with Gasteiger partial charge in [-0.3, -0.25) is 29.3 Å². The number of carbonyl (C=O) groups is 5. The van der Waals surface area contributed by atoms with Gasteiger partial charge in [-0.1, -0.05) is 31.5 Å². The molecule has 3 aromatic heterocycles. The Morgan fingerprint density at radius 2 is 1.55 bits per heavy atom. The molecule has 16 heteroatoms. The smallest absolute Gasteiger partial charge is 0.238 e. The van der Waals surface area contributed by atoms with Crippen LogP contribution in [0.1, 0.15) is 147 Å². The van der Waals surface area contributed by atoms with Crippen molar-refractivity contribution in [2.24, 2.45) is 11.3 Å². The number of rotatable bonds is 11. The van der Waals surface area contributed by atoms with E-state index in [2.05, 4.69) is 79.9 Å². The Morgan fingerprint density at radius 1 is 0.808 bits per heavy atom. The van der Waals surface area contributed by atoms with Crippen LogP contribution in [0.4, 0.5) is 17.3 Å². The number of imide groups is 1. The summed E-state index contributed by atoms with van der Waals surface area (Å²) in [7, 11) is 0. The molecule has 1 aromatic carbocycles. The molecule has 2 aliphatic carbocycles. The highest BCUT2D eigenvalue weighted by atomic mass is 16.2. The van der Waals surface area contributed by atoms with Crippen LogP contribution in [0.25, 0.3) is 22.3 Å². The number of imidazole rings is 1. The van der Waals surface area contributed by atoms with Gasteiger partial charge in [-0.05, 0) is 145 Å². The summed E-state index contributed by atoms with van der Waals surface area (Å²) in [5.74, 6) is 1.40. The minimum Gasteiger partial charge on any atom is -0.366 e. The zero-order valence-corrected chi connectivity index (χ0v) is 43.1. The molecule has 8 aliphatic rings. The SMILES string of the molecule is CC(C)n1cnc2cc(-c3ccc4c(c3)N([C@H]3C[C@@H](N5CCCCC5)C3)C(=O)C43CCN(C(=O)CC4(C)CCN(C(=O)C5CCN(c6ccc(C7CCC(=O)NC7=O)cn6)CC5)CC4)CC3)nc(NC3CC3)c21. The van der Waals surface area contributed by atoms with E-state index in [1.165, 1.54) is 19.3 Å². The molecule has 1 spiro atoms. The molecular formula is C57H73N11O5. The van der Waals surface area contributed by atoms with Crippen molar-refractivity contribution in [2.45, 2.75) is 159 Å². The van der Waals surface area contributed by atoms with Gasteiger partial charge in [-0.15, -0.1) is 0 Å². The number of amides is 5. The maximum atomic E-state index is 15.2. The molecule has 9 heterocycles. The first-order chi connectivity index (χ1) is 35.3. The predicted molar refractivity (Wildman–Crippen MR) is 280 cm³/mol. The Labute approximate surface area is 429 Å². The van der Waals surface area contributed by atoms with Gasteiger partial charge < -0.3 is 34.4 Å². The third kappa shape index (κ3) is 9.06. The van der Waals surface area contributed by atoms with Gasteiger partial charge in [-0.25, -0.2) is 15.0 Å². The number of nitrogens with one attached hydrogen (secondary N) is 2. The largest absolute Gasteiger partial charge is 0.366 e. The average molecular weight is 992 g/mol. The number of hydrogen-bond acceptors (Lipinski definition) is 11. The molecule has 0 bridgehead atoms. The van der Waals surface area contributed by atoms with Crippen molar-refractivity contribution in [3.63, 3.8) is 0 Å². The highest BCUT2D eigenvalue weighted by molar-refractivity contribution is 6.09. The summed E-state index contributed by atoms with van der Waals surface area (Å²) in [4.78, 5) is 93.3. The molecule has 1 atom stereocenters. The van der Waals surface area contributed by atoms with Gasteiger partial charge in [0.1, 0.15) is 11.3 Å². The molecular weight excluding hydrogens is 919 g/mol. The Morgan fingerprint density at radius 3 is 2.23 bits per heavy atom. The first-order valence-electron chi connectivity index (χ1n) is 27.8. The molecule has 16 nitrogen and oxygen atoms in total. The van der Waals surface area contributed by atoms with Crippen molar-refractivity contribution in [1.29, 1.82) is 0 Å². The Balaban J connectivity index is 0.686. The molecule has 386 valence electrons. The average Bonchev–Trinajstić information content (AvgIpc) is 4.05. The van der Waals surface area contributed by atoms with Crippen molar-refractivity contribution >= 4 is 57.9 Å². The van der Waals surface area contributed by atoms with Crippen LogP contribution in [0.5, 0.6) is 0 Å². The second kappa shape index (κ2) is 19.1. The number of anilines is 3. The summed E-state index contributed by atoms with van der Waals surface area (Å²) < 4.78 is 2.20. The number of aromatic nitrogens is 4. The lowest BCUT2D eigenvalue weighted by Gasteiger charge is -2.48. The lowest BCUT2D eigenvalue weighted by Crippen LogP contribution is -2.58. The highest BCUT2D eigenvalue weighted by Gasteiger charge is 2.56. The van der Waals surface area contributed by atoms with Gasteiger partial charge in [0.05, 0.1) is 28.9 Å². The van der Waals surface area contributed by atoms with Crippen LogP contribution in [-0.2, 0) is 29.4 Å². The summed E-state index contributed by atoms with van der Waals surface area (Å²) in [6, 6.07) is 13.9. The van der Waals surface area contributed by atoms with Crippen molar-refractivity contribution in [3.8, 4) is 11.3 Å². The number of pyridine rings is 2. The van der Waals surface area contributed by atoms with E-state index in [1.807, 2.05) is 28.3 Å². The third-order valence-electron chi connectivity index (χ3n) is 18.5. The lowest BCUT2D eigenvalue weighted by atomic mass is 9.72. The number of benzene rings is 1. The first kappa shape index (κ1) is 48.1. The zero-order valence-electron chi connectivity index (χ0n) is 43.1. The number of piperidine rings is 5. The lowest BCUT2D eigenvalue weighted by molar-refractivity contribution is -0.141. The van der Waals surface area contributed by atoms with Gasteiger partial charge in [0, 0.05) is 99.6 Å². The fourth-order valence-electron chi connectivity index (χ4n) is 13.5. The Kier molecular flexibility index (Phi) is 12.6. The normalized spacial score (nSPS) is 25.6. The fraction of sp³-hybridized carbons (Fsp3) is 0.614. The molecule has 5 amide bonds. The van der Waals surface area contributed by atoms with E-state index in [4.69, 9.17) is 9.97 Å². The van der Waals surface area contributed by atoms with Crippen LogP contribution < -0.4 is 20.4 Å². The summed E-state index contributed by atoms with van der Waals surface area (Å²) in [5, 5.41) is 6.14. The molecule has 0 radical (unpaired) electrons. The second-order valence-electron chi connectivity index (χ2n) is 23.7. The topological polar surface area (TPSA) is 169 Å². The summed E-state index contributed by atoms with van der Waals surface area (Å²) in [5.41, 5.74) is 5.87. The highest BCUT2D eigenvalue weighted by Crippen LogP contribution is 2.53. The van der Waals surface area contributed by atoms with E-state index in [0.29, 0.717) is 70.4 Å². The van der Waals surface area contributed by atoms with Crippen LogP contribution in [-0.4, -0.2) is 134 Å². The quantitative estimate of drug-likeness (QED) is 0.144. The Bertz CT molecular complexity index is 2790. The standard InChI is InChI=1S/C57H73N11O5/c1-36(2)67-35-59-46-32-45(61-52(51(46)67)60-40-9-10-40)38-7-12-44-47(29-38)68(42-30-41(31-42)63-21-5-4-6-22-63)55(73)57(44)19-27-65(28-20-57)50(70)33-56(3)17-25-66(26-18-56)54(72)37-15-23-64(24-16-37)48-13-8-39(34-58-48)43-11-14-49(69)62-53(43)71/h7-8,12-13,29,32,34-37,40-43H,4-6,9-11,14-28,30-31,33H2,1-3H3,(H,60,61)(H,62,69,71)/t41-,42+,43?. The third-order valence-corrected chi connectivity index (χ3v) is 18.5. The van der Waals surface area contributed by atoms with Crippen LogP contribution in [0.3, 0.4) is 0 Å². The number of likely N-dealkylation sites (tertiary alicyclic amines) is 3. The molecule has 2 saturated carbocycles. The fourth-order valence-corrected chi connectivity index (χ4v) is 13.5. The number of fused-ring (bicyclic) bond motifs is 3.